The van der Waals surface area contributed by atoms with Crippen molar-refractivity contribution in [2.75, 3.05) is 6.61 Å². The van der Waals surface area contributed by atoms with Crippen molar-refractivity contribution >= 4 is 41.0 Å². The minimum absolute atomic E-state index is 0.148. The lowest BCUT2D eigenvalue weighted by atomic mass is 9.76. The van der Waals surface area contributed by atoms with Crippen molar-refractivity contribution in [1.29, 1.82) is 0 Å². The van der Waals surface area contributed by atoms with Gasteiger partial charge in [0.2, 0.25) is 5.91 Å². The second kappa shape index (κ2) is 10.4. The molecule has 4 atom stereocenters. The van der Waals surface area contributed by atoms with Gasteiger partial charge in [-0.3, -0.25) is 14.4 Å². The SMILES string of the molecule is CCOC(=O)[C@@H]1c2ccccc2C(=O)N([C@H]2CCCC[C@@H]2NC(C)=O)[C@H]1c1ccc(Cl)cc1Cl. The Labute approximate surface area is 209 Å². The van der Waals surface area contributed by atoms with Gasteiger partial charge in [-0.2, -0.15) is 0 Å². The molecular weight excluding hydrogens is 475 g/mol. The fourth-order valence-corrected chi connectivity index (χ4v) is 5.87. The van der Waals surface area contributed by atoms with Gasteiger partial charge in [0, 0.05) is 28.6 Å². The van der Waals surface area contributed by atoms with Crippen molar-refractivity contribution in [3.63, 3.8) is 0 Å². The molecule has 0 spiro atoms. The number of esters is 1. The topological polar surface area (TPSA) is 75.7 Å². The first kappa shape index (κ1) is 24.6. The summed E-state index contributed by atoms with van der Waals surface area (Å²) in [6.07, 6.45) is 3.32. The minimum Gasteiger partial charge on any atom is -0.465 e. The van der Waals surface area contributed by atoms with Crippen LogP contribution in [0.25, 0.3) is 0 Å². The molecule has 2 aromatic rings. The predicted molar refractivity (Wildman–Crippen MR) is 131 cm³/mol. The zero-order valence-electron chi connectivity index (χ0n) is 19.2. The lowest BCUT2D eigenvalue weighted by Crippen LogP contribution is -2.58. The van der Waals surface area contributed by atoms with Crippen LogP contribution in [0.5, 0.6) is 0 Å². The van der Waals surface area contributed by atoms with E-state index in [-0.39, 0.29) is 30.5 Å². The third-order valence-corrected chi connectivity index (χ3v) is 7.24. The van der Waals surface area contributed by atoms with Gasteiger partial charge in [0.1, 0.15) is 5.92 Å². The molecule has 6 nitrogen and oxygen atoms in total. The van der Waals surface area contributed by atoms with Crippen LogP contribution in [0.3, 0.4) is 0 Å². The molecule has 0 aromatic heterocycles. The summed E-state index contributed by atoms with van der Waals surface area (Å²) in [6, 6.07) is 11.0. The number of hydrogen-bond donors (Lipinski definition) is 1. The van der Waals surface area contributed by atoms with Crippen LogP contribution in [-0.2, 0) is 14.3 Å². The molecule has 1 heterocycles. The third kappa shape index (κ3) is 4.66. The van der Waals surface area contributed by atoms with Gasteiger partial charge in [-0.25, -0.2) is 0 Å². The van der Waals surface area contributed by atoms with Gasteiger partial charge in [-0.1, -0.05) is 60.3 Å². The minimum atomic E-state index is -0.771. The highest BCUT2D eigenvalue weighted by Gasteiger charge is 2.49. The summed E-state index contributed by atoms with van der Waals surface area (Å²) in [5, 5.41) is 3.87. The van der Waals surface area contributed by atoms with Crippen LogP contribution in [0.4, 0.5) is 0 Å². The van der Waals surface area contributed by atoms with Crippen LogP contribution in [0.2, 0.25) is 10.0 Å². The molecule has 0 saturated heterocycles. The maximum absolute atomic E-state index is 14.0. The number of hydrogen-bond acceptors (Lipinski definition) is 4. The van der Waals surface area contributed by atoms with Crippen LogP contribution >= 0.6 is 23.2 Å². The Hall–Kier alpha value is -2.57. The highest BCUT2D eigenvalue weighted by atomic mass is 35.5. The normalized spacial score (nSPS) is 24.4. The van der Waals surface area contributed by atoms with E-state index in [1.54, 1.807) is 48.2 Å². The molecule has 1 aliphatic heterocycles. The van der Waals surface area contributed by atoms with E-state index in [0.717, 1.165) is 19.3 Å². The van der Waals surface area contributed by atoms with Crippen molar-refractivity contribution < 1.29 is 19.1 Å². The summed E-state index contributed by atoms with van der Waals surface area (Å²) in [5.41, 5.74) is 1.71. The monoisotopic (exact) mass is 502 g/mol. The summed E-state index contributed by atoms with van der Waals surface area (Å²) in [6.45, 7) is 3.45. The smallest absolute Gasteiger partial charge is 0.315 e. The number of halogens is 2. The summed E-state index contributed by atoms with van der Waals surface area (Å²) >= 11 is 12.8. The van der Waals surface area contributed by atoms with Gasteiger partial charge in [0.25, 0.3) is 5.91 Å². The van der Waals surface area contributed by atoms with Gasteiger partial charge >= 0.3 is 5.97 Å². The summed E-state index contributed by atoms with van der Waals surface area (Å²) in [5.74, 6) is -1.53. The van der Waals surface area contributed by atoms with E-state index in [4.69, 9.17) is 27.9 Å². The van der Waals surface area contributed by atoms with E-state index >= 15 is 0 Å². The summed E-state index contributed by atoms with van der Waals surface area (Å²) in [7, 11) is 0. The van der Waals surface area contributed by atoms with Crippen molar-refractivity contribution in [1.82, 2.24) is 10.2 Å². The standard InChI is InChI=1S/C26H28Cl2N2O4/c1-3-34-26(33)23-17-8-4-5-9-18(17)25(32)30(22-11-7-6-10-21(22)29-15(2)31)24(23)19-13-12-16(27)14-20(19)28/h4-5,8-9,12-14,21-24H,3,6-7,10-11H2,1-2H3,(H,29,31)/t21-,22-,23+,24-/m0/s1. The maximum Gasteiger partial charge on any atom is 0.315 e. The van der Waals surface area contributed by atoms with E-state index in [2.05, 4.69) is 5.32 Å². The Bertz CT molecular complexity index is 1110. The molecular formula is C26H28Cl2N2O4. The molecule has 1 aliphatic carbocycles. The van der Waals surface area contributed by atoms with Gasteiger partial charge in [0.05, 0.1) is 18.7 Å². The second-order valence-corrected chi connectivity index (χ2v) is 9.64. The second-order valence-electron chi connectivity index (χ2n) is 8.80. The van der Waals surface area contributed by atoms with Crippen molar-refractivity contribution in [3.8, 4) is 0 Å². The third-order valence-electron chi connectivity index (χ3n) is 6.67. The Morgan fingerprint density at radius 2 is 1.82 bits per heavy atom. The van der Waals surface area contributed by atoms with Crippen LogP contribution < -0.4 is 5.32 Å². The van der Waals surface area contributed by atoms with E-state index < -0.39 is 17.9 Å². The quantitative estimate of drug-likeness (QED) is 0.563. The maximum atomic E-state index is 14.0. The number of ether oxygens (including phenoxy) is 1. The van der Waals surface area contributed by atoms with Crippen LogP contribution in [-0.4, -0.2) is 41.4 Å². The first-order chi connectivity index (χ1) is 16.3. The fourth-order valence-electron chi connectivity index (χ4n) is 5.35. The Balaban J connectivity index is 1.93. The number of nitrogens with one attached hydrogen (secondary N) is 1. The fraction of sp³-hybridized carbons (Fsp3) is 0.423. The molecule has 34 heavy (non-hydrogen) atoms. The Morgan fingerprint density at radius 3 is 2.53 bits per heavy atom. The van der Waals surface area contributed by atoms with Crippen LogP contribution in [0, 0.1) is 0 Å². The van der Waals surface area contributed by atoms with E-state index in [0.29, 0.717) is 33.2 Å². The number of rotatable bonds is 5. The molecule has 0 bridgehead atoms. The highest BCUT2D eigenvalue weighted by molar-refractivity contribution is 6.35. The number of nitrogens with zero attached hydrogens (tertiary/aromatic N) is 1. The molecule has 8 heteroatoms. The Kier molecular flexibility index (Phi) is 7.48. The number of fused-ring (bicyclic) bond motifs is 1. The largest absolute Gasteiger partial charge is 0.465 e. The summed E-state index contributed by atoms with van der Waals surface area (Å²) < 4.78 is 5.50. The zero-order chi connectivity index (χ0) is 24.4. The summed E-state index contributed by atoms with van der Waals surface area (Å²) in [4.78, 5) is 41.2. The molecule has 180 valence electrons. The first-order valence-electron chi connectivity index (χ1n) is 11.6. The lowest BCUT2D eigenvalue weighted by Gasteiger charge is -2.49. The van der Waals surface area contributed by atoms with E-state index in [9.17, 15) is 14.4 Å². The lowest BCUT2D eigenvalue weighted by molar-refractivity contribution is -0.147. The van der Waals surface area contributed by atoms with Gasteiger partial charge in [0.15, 0.2) is 0 Å². The van der Waals surface area contributed by atoms with Crippen LogP contribution in [0.15, 0.2) is 42.5 Å². The Morgan fingerprint density at radius 1 is 1.09 bits per heavy atom. The predicted octanol–water partition coefficient (Wildman–Crippen LogP) is 5.28. The molecule has 1 N–H and O–H groups in total. The number of benzene rings is 2. The highest BCUT2D eigenvalue weighted by Crippen LogP contribution is 2.48. The molecule has 2 aliphatic rings. The molecule has 1 fully saturated rings. The molecule has 4 rings (SSSR count). The number of carbonyl (C=O) groups excluding carboxylic acids is 3. The molecule has 0 radical (unpaired) electrons. The van der Waals surface area contributed by atoms with Gasteiger partial charge in [-0.05, 0) is 49.1 Å². The first-order valence-corrected chi connectivity index (χ1v) is 12.4. The molecule has 0 unspecified atom stereocenters. The van der Waals surface area contributed by atoms with Gasteiger partial charge < -0.3 is 15.0 Å². The van der Waals surface area contributed by atoms with Crippen molar-refractivity contribution in [2.24, 2.45) is 0 Å². The molecule has 1 saturated carbocycles. The van der Waals surface area contributed by atoms with Crippen molar-refractivity contribution in [2.45, 2.75) is 63.6 Å². The van der Waals surface area contributed by atoms with E-state index in [1.807, 2.05) is 6.07 Å². The van der Waals surface area contributed by atoms with Crippen molar-refractivity contribution in [3.05, 3.63) is 69.2 Å². The average Bonchev–Trinajstić information content (AvgIpc) is 2.79. The molecule has 2 aromatic carbocycles. The number of carbonyl (C=O) groups is 3. The van der Waals surface area contributed by atoms with Crippen LogP contribution in [0.1, 0.15) is 73.0 Å². The average molecular weight is 503 g/mol. The van der Waals surface area contributed by atoms with Gasteiger partial charge in [-0.15, -0.1) is 0 Å². The van der Waals surface area contributed by atoms with E-state index in [1.165, 1.54) is 6.92 Å². The zero-order valence-corrected chi connectivity index (χ0v) is 20.7. The number of amides is 2. The molecule has 2 amide bonds.